The van der Waals surface area contributed by atoms with Crippen LogP contribution in [0, 0.1) is 11.7 Å². The van der Waals surface area contributed by atoms with E-state index in [9.17, 15) is 14.0 Å². The number of benzene rings is 1. The zero-order valence-electron chi connectivity index (χ0n) is 11.6. The first-order valence-corrected chi connectivity index (χ1v) is 7.49. The van der Waals surface area contributed by atoms with Crippen LogP contribution < -0.4 is 10.2 Å². The Balaban J connectivity index is 1.99. The number of carbonyl (C=O) groups excluding carboxylic acids is 2. The van der Waals surface area contributed by atoms with Crippen molar-refractivity contribution in [2.24, 2.45) is 5.92 Å². The van der Waals surface area contributed by atoms with Gasteiger partial charge in [-0.15, -0.1) is 0 Å². The van der Waals surface area contributed by atoms with Crippen molar-refractivity contribution in [2.75, 3.05) is 4.90 Å². The number of halogens is 2. The van der Waals surface area contributed by atoms with Crippen LogP contribution in [0.4, 0.5) is 10.1 Å². The molecule has 0 spiro atoms. The minimum absolute atomic E-state index is 0.0518. The third-order valence-corrected chi connectivity index (χ3v) is 4.37. The summed E-state index contributed by atoms with van der Waals surface area (Å²) in [4.78, 5) is 26.4. The molecule has 1 aliphatic carbocycles. The van der Waals surface area contributed by atoms with Gasteiger partial charge in [-0.2, -0.15) is 0 Å². The lowest BCUT2D eigenvalue weighted by molar-refractivity contribution is -0.134. The van der Waals surface area contributed by atoms with Crippen LogP contribution in [0.25, 0.3) is 0 Å². The van der Waals surface area contributed by atoms with Gasteiger partial charge in [0.2, 0.25) is 5.91 Å². The fourth-order valence-electron chi connectivity index (χ4n) is 2.79. The molecule has 4 nitrogen and oxygen atoms in total. The van der Waals surface area contributed by atoms with Crippen LogP contribution in [0.2, 0.25) is 5.02 Å². The monoisotopic (exact) mass is 310 g/mol. The SMILES string of the molecule is CCC1C(=O)NC(C2CC2)C(=O)N1c1ccc(F)c(Cl)c1. The largest absolute Gasteiger partial charge is 0.342 e. The summed E-state index contributed by atoms with van der Waals surface area (Å²) in [7, 11) is 0. The average Bonchev–Trinajstić information content (AvgIpc) is 3.28. The Morgan fingerprint density at radius 2 is 2.10 bits per heavy atom. The van der Waals surface area contributed by atoms with Crippen molar-refractivity contribution in [3.8, 4) is 0 Å². The third kappa shape index (κ3) is 2.50. The van der Waals surface area contributed by atoms with E-state index in [0.717, 1.165) is 12.8 Å². The molecule has 2 aliphatic rings. The maximum atomic E-state index is 13.3. The van der Waals surface area contributed by atoms with Gasteiger partial charge >= 0.3 is 0 Å². The number of nitrogens with zero attached hydrogens (tertiary/aromatic N) is 1. The van der Waals surface area contributed by atoms with Crippen molar-refractivity contribution in [3.63, 3.8) is 0 Å². The number of piperazine rings is 1. The van der Waals surface area contributed by atoms with E-state index in [1.54, 1.807) is 0 Å². The van der Waals surface area contributed by atoms with Gasteiger partial charge in [-0.1, -0.05) is 18.5 Å². The molecule has 2 unspecified atom stereocenters. The molecular weight excluding hydrogens is 295 g/mol. The average molecular weight is 311 g/mol. The summed E-state index contributed by atoms with van der Waals surface area (Å²) in [5, 5.41) is 2.77. The van der Waals surface area contributed by atoms with E-state index in [4.69, 9.17) is 11.6 Å². The Kier molecular flexibility index (Phi) is 3.61. The maximum Gasteiger partial charge on any atom is 0.250 e. The van der Waals surface area contributed by atoms with E-state index in [0.29, 0.717) is 12.1 Å². The second kappa shape index (κ2) is 5.30. The van der Waals surface area contributed by atoms with Gasteiger partial charge in [0, 0.05) is 5.69 Å². The van der Waals surface area contributed by atoms with Crippen LogP contribution in [0.5, 0.6) is 0 Å². The number of amides is 2. The highest BCUT2D eigenvalue weighted by atomic mass is 35.5. The second-order valence-electron chi connectivity index (χ2n) is 5.55. The number of rotatable bonds is 3. The van der Waals surface area contributed by atoms with Crippen LogP contribution in [0.15, 0.2) is 18.2 Å². The van der Waals surface area contributed by atoms with Crippen LogP contribution in [0.3, 0.4) is 0 Å². The van der Waals surface area contributed by atoms with E-state index in [2.05, 4.69) is 5.32 Å². The smallest absolute Gasteiger partial charge is 0.250 e. The normalized spacial score (nSPS) is 26.0. The molecule has 1 heterocycles. The van der Waals surface area contributed by atoms with Gasteiger partial charge in [-0.05, 0) is 43.4 Å². The Morgan fingerprint density at radius 1 is 1.38 bits per heavy atom. The Hall–Kier alpha value is -1.62. The molecule has 21 heavy (non-hydrogen) atoms. The first-order valence-electron chi connectivity index (χ1n) is 7.11. The summed E-state index contributed by atoms with van der Waals surface area (Å²) in [6, 6.07) is 3.07. The topological polar surface area (TPSA) is 49.4 Å². The van der Waals surface area contributed by atoms with E-state index < -0.39 is 17.9 Å². The maximum absolute atomic E-state index is 13.3. The second-order valence-corrected chi connectivity index (χ2v) is 5.96. The fraction of sp³-hybridized carbons (Fsp3) is 0.467. The van der Waals surface area contributed by atoms with Gasteiger partial charge in [-0.25, -0.2) is 4.39 Å². The molecule has 0 bridgehead atoms. The molecule has 1 saturated heterocycles. The molecule has 1 saturated carbocycles. The summed E-state index contributed by atoms with van der Waals surface area (Å²) in [6.45, 7) is 1.84. The molecule has 2 fully saturated rings. The van der Waals surface area contributed by atoms with Crippen LogP contribution in [-0.4, -0.2) is 23.9 Å². The predicted molar refractivity (Wildman–Crippen MR) is 77.6 cm³/mol. The predicted octanol–water partition coefficient (Wildman–Crippen LogP) is 2.50. The lowest BCUT2D eigenvalue weighted by Crippen LogP contribution is -2.64. The molecular formula is C15H16ClFN2O2. The Morgan fingerprint density at radius 3 is 2.67 bits per heavy atom. The van der Waals surface area contributed by atoms with Crippen LogP contribution >= 0.6 is 11.6 Å². The summed E-state index contributed by atoms with van der Waals surface area (Å²) in [6.07, 6.45) is 2.39. The zero-order valence-corrected chi connectivity index (χ0v) is 12.4. The van der Waals surface area contributed by atoms with Gasteiger partial charge in [0.25, 0.3) is 5.91 Å². The van der Waals surface area contributed by atoms with Crippen molar-refractivity contribution in [2.45, 2.75) is 38.3 Å². The van der Waals surface area contributed by atoms with Crippen LogP contribution in [0.1, 0.15) is 26.2 Å². The van der Waals surface area contributed by atoms with Crippen molar-refractivity contribution in [1.29, 1.82) is 0 Å². The minimum Gasteiger partial charge on any atom is -0.342 e. The van der Waals surface area contributed by atoms with Crippen LogP contribution in [-0.2, 0) is 9.59 Å². The van der Waals surface area contributed by atoms with Crippen molar-refractivity contribution >= 4 is 29.1 Å². The molecule has 1 aliphatic heterocycles. The standard InChI is InChI=1S/C15H16ClFN2O2/c1-2-12-14(20)18-13(8-3-4-8)15(21)19(12)9-5-6-11(17)10(16)7-9/h5-8,12-13H,2-4H2,1H3,(H,18,20). The summed E-state index contributed by atoms with van der Waals surface area (Å²) in [5.74, 6) is -0.611. The van der Waals surface area contributed by atoms with Gasteiger partial charge in [-0.3, -0.25) is 14.5 Å². The lowest BCUT2D eigenvalue weighted by atomic mass is 10.0. The molecule has 1 aromatic carbocycles. The molecule has 0 radical (unpaired) electrons. The van der Waals surface area contributed by atoms with Crippen molar-refractivity contribution in [1.82, 2.24) is 5.32 Å². The number of anilines is 1. The number of hydrogen-bond acceptors (Lipinski definition) is 2. The molecule has 1 N–H and O–H groups in total. The van der Waals surface area contributed by atoms with Gasteiger partial charge in [0.05, 0.1) is 5.02 Å². The highest BCUT2D eigenvalue weighted by Gasteiger charge is 2.46. The zero-order chi connectivity index (χ0) is 15.1. The highest BCUT2D eigenvalue weighted by Crippen LogP contribution is 2.37. The molecule has 3 rings (SSSR count). The lowest BCUT2D eigenvalue weighted by Gasteiger charge is -2.38. The molecule has 2 amide bonds. The quantitative estimate of drug-likeness (QED) is 0.932. The first-order chi connectivity index (χ1) is 10.0. The van der Waals surface area contributed by atoms with Crippen molar-refractivity contribution < 1.29 is 14.0 Å². The van der Waals surface area contributed by atoms with E-state index in [1.165, 1.54) is 23.1 Å². The summed E-state index contributed by atoms with van der Waals surface area (Å²) in [5.41, 5.74) is 0.471. The molecule has 1 aromatic rings. The Labute approximate surface area is 127 Å². The molecule has 112 valence electrons. The Bertz CT molecular complexity index is 603. The summed E-state index contributed by atoms with van der Waals surface area (Å²) >= 11 is 5.81. The number of hydrogen-bond donors (Lipinski definition) is 1. The molecule has 0 aromatic heterocycles. The fourth-order valence-corrected chi connectivity index (χ4v) is 2.97. The third-order valence-electron chi connectivity index (χ3n) is 4.08. The highest BCUT2D eigenvalue weighted by molar-refractivity contribution is 6.31. The number of nitrogens with one attached hydrogen (secondary N) is 1. The first kappa shape index (κ1) is 14.3. The number of carbonyl (C=O) groups is 2. The minimum atomic E-state index is -0.575. The van der Waals surface area contributed by atoms with E-state index in [-0.39, 0.29) is 22.8 Å². The van der Waals surface area contributed by atoms with Gasteiger partial charge in [0.1, 0.15) is 17.9 Å². The van der Waals surface area contributed by atoms with Crippen molar-refractivity contribution in [3.05, 3.63) is 29.0 Å². The molecule has 2 atom stereocenters. The van der Waals surface area contributed by atoms with E-state index in [1.807, 2.05) is 6.92 Å². The van der Waals surface area contributed by atoms with E-state index >= 15 is 0 Å². The summed E-state index contributed by atoms with van der Waals surface area (Å²) < 4.78 is 13.3. The van der Waals surface area contributed by atoms with Gasteiger partial charge < -0.3 is 5.32 Å². The molecule has 6 heteroatoms. The van der Waals surface area contributed by atoms with Gasteiger partial charge in [0.15, 0.2) is 0 Å².